The Morgan fingerprint density at radius 3 is 1.03 bits per heavy atom. The first-order valence-electron chi connectivity index (χ1n) is 30.0. The van der Waals surface area contributed by atoms with Crippen LogP contribution >= 0.6 is 0 Å². The van der Waals surface area contributed by atoms with Crippen LogP contribution in [0.5, 0.6) is 0 Å². The van der Waals surface area contributed by atoms with E-state index in [2.05, 4.69) is 19.2 Å². The summed E-state index contributed by atoms with van der Waals surface area (Å²) in [7, 11) is 0. The lowest BCUT2D eigenvalue weighted by atomic mass is 10.0. The van der Waals surface area contributed by atoms with Gasteiger partial charge in [0.05, 0.1) is 25.4 Å². The van der Waals surface area contributed by atoms with Gasteiger partial charge in [-0.15, -0.1) is 0 Å². The van der Waals surface area contributed by atoms with E-state index in [4.69, 9.17) is 4.74 Å². The van der Waals surface area contributed by atoms with E-state index in [9.17, 15) is 19.8 Å². The smallest absolute Gasteiger partial charge is 0.305 e. The zero-order chi connectivity index (χ0) is 47.9. The number of esters is 1. The quantitative estimate of drug-likeness (QED) is 0.0321. The van der Waals surface area contributed by atoms with Gasteiger partial charge in [0.25, 0.3) is 0 Å². The van der Waals surface area contributed by atoms with E-state index >= 15 is 0 Å². The lowest BCUT2D eigenvalue weighted by Crippen LogP contribution is -2.45. The third kappa shape index (κ3) is 52.0. The van der Waals surface area contributed by atoms with Gasteiger partial charge in [0.1, 0.15) is 0 Å². The van der Waals surface area contributed by atoms with E-state index in [0.29, 0.717) is 19.4 Å². The molecular weight excluding hydrogens is 815 g/mol. The molecule has 0 saturated heterocycles. The highest BCUT2D eigenvalue weighted by molar-refractivity contribution is 5.76. The second-order valence-corrected chi connectivity index (χ2v) is 20.7. The molecule has 6 heteroatoms. The maximum absolute atomic E-state index is 12.5. The Kier molecular flexibility index (Phi) is 55.0. The third-order valence-corrected chi connectivity index (χ3v) is 14.1. The fraction of sp³-hybridized carbons (Fsp3) is 0.933. The number of aliphatic hydroxyl groups excluding tert-OH is 2. The molecule has 0 heterocycles. The van der Waals surface area contributed by atoms with Crippen molar-refractivity contribution in [3.63, 3.8) is 0 Å². The van der Waals surface area contributed by atoms with Gasteiger partial charge in [-0.3, -0.25) is 9.59 Å². The molecule has 0 saturated carbocycles. The molecule has 0 fully saturated rings. The Labute approximate surface area is 412 Å². The van der Waals surface area contributed by atoms with Crippen LogP contribution in [-0.4, -0.2) is 47.4 Å². The number of unbranched alkanes of at least 4 members (excludes halogenated alkanes) is 45. The predicted molar refractivity (Wildman–Crippen MR) is 287 cm³/mol. The summed E-state index contributed by atoms with van der Waals surface area (Å²) in [6, 6.07) is -0.630. The molecule has 0 aliphatic heterocycles. The van der Waals surface area contributed by atoms with Gasteiger partial charge in [-0.05, 0) is 32.1 Å². The maximum Gasteiger partial charge on any atom is 0.305 e. The van der Waals surface area contributed by atoms with Crippen molar-refractivity contribution in [1.29, 1.82) is 0 Å². The van der Waals surface area contributed by atoms with Crippen LogP contribution in [0.3, 0.4) is 0 Å². The molecule has 2 unspecified atom stereocenters. The Balaban J connectivity index is 3.44. The number of allylic oxidation sites excluding steroid dienone is 1. The van der Waals surface area contributed by atoms with Gasteiger partial charge >= 0.3 is 5.97 Å². The molecule has 0 radical (unpaired) electrons. The van der Waals surface area contributed by atoms with E-state index in [1.807, 2.05) is 6.08 Å². The molecular formula is C60H117NO5. The molecule has 0 aromatic carbocycles. The van der Waals surface area contributed by atoms with E-state index in [1.54, 1.807) is 6.08 Å². The highest BCUT2D eigenvalue weighted by Crippen LogP contribution is 2.18. The molecule has 0 aromatic rings. The molecule has 0 aliphatic carbocycles. The number of nitrogens with one attached hydrogen (secondary N) is 1. The summed E-state index contributed by atoms with van der Waals surface area (Å²) in [5.41, 5.74) is 0. The van der Waals surface area contributed by atoms with Crippen molar-refractivity contribution < 1.29 is 24.5 Å². The molecule has 6 nitrogen and oxygen atoms in total. The SMILES string of the molecule is CCCCCCCCCCCCCCCCCCCC/C=C/C(O)C(CO)NC(=O)CCCCCCCCCCCCCCCCCCCCOC(=O)CCCCCCCCCCCCC. The predicted octanol–water partition coefficient (Wildman–Crippen LogP) is 18.5. The summed E-state index contributed by atoms with van der Waals surface area (Å²) in [6.45, 7) is 4.92. The van der Waals surface area contributed by atoms with Crippen molar-refractivity contribution in [1.82, 2.24) is 5.32 Å². The number of carbonyl (C=O) groups excluding carboxylic acids is 2. The van der Waals surface area contributed by atoms with Crippen LogP contribution in [-0.2, 0) is 14.3 Å². The summed E-state index contributed by atoms with van der Waals surface area (Å²) in [6.07, 6.45) is 66.7. The van der Waals surface area contributed by atoms with Crippen molar-refractivity contribution in [2.75, 3.05) is 13.2 Å². The van der Waals surface area contributed by atoms with Crippen LogP contribution in [0.4, 0.5) is 0 Å². The Morgan fingerprint density at radius 2 is 0.697 bits per heavy atom. The fourth-order valence-electron chi connectivity index (χ4n) is 9.46. The molecule has 0 bridgehead atoms. The van der Waals surface area contributed by atoms with E-state index < -0.39 is 12.1 Å². The standard InChI is InChI=1S/C60H117NO5/c1-3-5-7-9-11-13-15-16-17-18-19-20-23-26-29-33-36-40-44-48-52-58(63)57(56-62)61-59(64)53-49-45-41-37-34-30-27-24-21-22-25-28-31-35-39-43-47-51-55-66-60(65)54-50-46-42-38-32-14-12-10-8-6-4-2/h48,52,57-58,62-63H,3-47,49-51,53-56H2,1-2H3,(H,61,64)/b52-48+. The second kappa shape index (κ2) is 56.2. The third-order valence-electron chi connectivity index (χ3n) is 14.1. The molecule has 0 rings (SSSR count). The first kappa shape index (κ1) is 64.6. The minimum Gasteiger partial charge on any atom is -0.466 e. The summed E-state index contributed by atoms with van der Waals surface area (Å²) < 4.78 is 5.46. The molecule has 0 aliphatic rings. The number of ether oxygens (including phenoxy) is 1. The van der Waals surface area contributed by atoms with E-state index in [0.717, 1.165) is 38.5 Å². The van der Waals surface area contributed by atoms with Crippen LogP contribution in [0.15, 0.2) is 12.2 Å². The average Bonchev–Trinajstić information content (AvgIpc) is 3.32. The largest absolute Gasteiger partial charge is 0.466 e. The summed E-state index contributed by atoms with van der Waals surface area (Å²) in [5, 5.41) is 23.2. The molecule has 0 spiro atoms. The monoisotopic (exact) mass is 932 g/mol. The van der Waals surface area contributed by atoms with Gasteiger partial charge in [-0.25, -0.2) is 0 Å². The van der Waals surface area contributed by atoms with Gasteiger partial charge in [0.15, 0.2) is 0 Å². The van der Waals surface area contributed by atoms with Crippen LogP contribution in [0.25, 0.3) is 0 Å². The van der Waals surface area contributed by atoms with Crippen LogP contribution < -0.4 is 5.32 Å². The topological polar surface area (TPSA) is 95.9 Å². The van der Waals surface area contributed by atoms with Gasteiger partial charge in [0.2, 0.25) is 5.91 Å². The van der Waals surface area contributed by atoms with Gasteiger partial charge in [-0.2, -0.15) is 0 Å². The minimum atomic E-state index is -0.847. The number of hydrogen-bond acceptors (Lipinski definition) is 5. The first-order chi connectivity index (χ1) is 32.5. The zero-order valence-corrected chi connectivity index (χ0v) is 44.7. The van der Waals surface area contributed by atoms with Crippen molar-refractivity contribution in [2.45, 2.75) is 347 Å². The Morgan fingerprint density at radius 1 is 0.409 bits per heavy atom. The van der Waals surface area contributed by atoms with Gasteiger partial charge in [-0.1, -0.05) is 302 Å². The van der Waals surface area contributed by atoms with Gasteiger partial charge in [0, 0.05) is 12.8 Å². The number of hydrogen-bond donors (Lipinski definition) is 3. The normalized spacial score (nSPS) is 12.6. The van der Waals surface area contributed by atoms with Crippen LogP contribution in [0.1, 0.15) is 335 Å². The van der Waals surface area contributed by atoms with Crippen LogP contribution in [0.2, 0.25) is 0 Å². The summed E-state index contributed by atoms with van der Waals surface area (Å²) in [5.74, 6) is -0.0617. The minimum absolute atomic E-state index is 0.00685. The van der Waals surface area contributed by atoms with Gasteiger partial charge < -0.3 is 20.3 Å². The Hall–Kier alpha value is -1.40. The lowest BCUT2D eigenvalue weighted by molar-refractivity contribution is -0.143. The summed E-state index contributed by atoms with van der Waals surface area (Å²) >= 11 is 0. The first-order valence-corrected chi connectivity index (χ1v) is 30.0. The van der Waals surface area contributed by atoms with Crippen molar-refractivity contribution in [3.8, 4) is 0 Å². The average molecular weight is 933 g/mol. The van der Waals surface area contributed by atoms with Crippen molar-refractivity contribution >= 4 is 11.9 Å². The molecule has 2 atom stereocenters. The molecule has 0 aromatic heterocycles. The number of amides is 1. The van der Waals surface area contributed by atoms with E-state index in [-0.39, 0.29) is 18.5 Å². The highest BCUT2D eigenvalue weighted by atomic mass is 16.5. The van der Waals surface area contributed by atoms with Crippen molar-refractivity contribution in [2.24, 2.45) is 0 Å². The summed E-state index contributed by atoms with van der Waals surface area (Å²) in [4.78, 5) is 24.5. The van der Waals surface area contributed by atoms with Crippen molar-refractivity contribution in [3.05, 3.63) is 12.2 Å². The lowest BCUT2D eigenvalue weighted by Gasteiger charge is -2.20. The molecule has 1 amide bonds. The molecule has 3 N–H and O–H groups in total. The highest BCUT2D eigenvalue weighted by Gasteiger charge is 2.18. The second-order valence-electron chi connectivity index (χ2n) is 20.7. The maximum atomic E-state index is 12.5. The van der Waals surface area contributed by atoms with Crippen LogP contribution in [0, 0.1) is 0 Å². The number of aliphatic hydroxyl groups is 2. The number of rotatable bonds is 56. The zero-order valence-electron chi connectivity index (χ0n) is 44.7. The fourth-order valence-corrected chi connectivity index (χ4v) is 9.46. The molecule has 66 heavy (non-hydrogen) atoms. The molecule has 392 valence electrons. The Bertz CT molecular complexity index is 986. The van der Waals surface area contributed by atoms with E-state index in [1.165, 1.54) is 270 Å². The number of carbonyl (C=O) groups is 2.